The Labute approximate surface area is 156 Å². The minimum atomic E-state index is -0.907. The maximum atomic E-state index is 12.7. The first-order chi connectivity index (χ1) is 12.6. The molecule has 0 radical (unpaired) electrons. The van der Waals surface area contributed by atoms with Crippen molar-refractivity contribution in [3.8, 4) is 0 Å². The van der Waals surface area contributed by atoms with Gasteiger partial charge in [-0.25, -0.2) is 5.01 Å². The van der Waals surface area contributed by atoms with E-state index in [1.165, 1.54) is 5.01 Å². The Bertz CT molecular complexity index is 836. The number of amides is 1. The third-order valence-corrected chi connectivity index (χ3v) is 4.66. The molecule has 26 heavy (non-hydrogen) atoms. The number of aliphatic carboxylic acids is 1. The maximum absolute atomic E-state index is 12.7. The second-order valence-electron chi connectivity index (χ2n) is 6.14. The number of carbonyl (C=O) groups is 2. The summed E-state index contributed by atoms with van der Waals surface area (Å²) < 4.78 is 0. The van der Waals surface area contributed by atoms with Gasteiger partial charge in [-0.2, -0.15) is 5.10 Å². The molecule has 0 aromatic heterocycles. The van der Waals surface area contributed by atoms with E-state index in [2.05, 4.69) is 5.10 Å². The van der Waals surface area contributed by atoms with Crippen molar-refractivity contribution in [3.63, 3.8) is 0 Å². The zero-order chi connectivity index (χ0) is 18.5. The van der Waals surface area contributed by atoms with E-state index in [-0.39, 0.29) is 31.2 Å². The lowest BCUT2D eigenvalue weighted by Crippen LogP contribution is -2.27. The summed E-state index contributed by atoms with van der Waals surface area (Å²) in [5.41, 5.74) is 2.63. The van der Waals surface area contributed by atoms with Crippen molar-refractivity contribution in [2.24, 2.45) is 5.10 Å². The molecule has 1 aliphatic rings. The van der Waals surface area contributed by atoms with Crippen LogP contribution in [0.3, 0.4) is 0 Å². The highest BCUT2D eigenvalue weighted by molar-refractivity contribution is 6.31. The molecule has 0 spiro atoms. The van der Waals surface area contributed by atoms with Crippen molar-refractivity contribution in [2.45, 2.75) is 31.7 Å². The fourth-order valence-corrected chi connectivity index (χ4v) is 3.30. The highest BCUT2D eigenvalue weighted by atomic mass is 35.5. The third kappa shape index (κ3) is 4.11. The van der Waals surface area contributed by atoms with Crippen LogP contribution in [0.25, 0.3) is 0 Å². The van der Waals surface area contributed by atoms with Crippen LogP contribution in [0.15, 0.2) is 59.7 Å². The number of hydrogen-bond donors (Lipinski definition) is 1. The zero-order valence-corrected chi connectivity index (χ0v) is 14.9. The summed E-state index contributed by atoms with van der Waals surface area (Å²) >= 11 is 6.35. The molecule has 1 aliphatic heterocycles. The summed E-state index contributed by atoms with van der Waals surface area (Å²) in [7, 11) is 0. The van der Waals surface area contributed by atoms with Crippen molar-refractivity contribution in [1.29, 1.82) is 0 Å². The Kier molecular flexibility index (Phi) is 5.68. The Morgan fingerprint density at radius 3 is 2.46 bits per heavy atom. The quantitative estimate of drug-likeness (QED) is 0.825. The number of carboxylic acid groups (broad SMARTS) is 1. The molecular weight excluding hydrogens is 352 g/mol. The summed E-state index contributed by atoms with van der Waals surface area (Å²) in [5, 5.41) is 15.4. The van der Waals surface area contributed by atoms with Gasteiger partial charge in [0.05, 0.1) is 11.8 Å². The third-order valence-electron chi connectivity index (χ3n) is 4.32. The Hall–Kier alpha value is -2.66. The van der Waals surface area contributed by atoms with Crippen LogP contribution in [0.2, 0.25) is 5.02 Å². The van der Waals surface area contributed by atoms with Gasteiger partial charge in [0.15, 0.2) is 0 Å². The van der Waals surface area contributed by atoms with Gasteiger partial charge >= 0.3 is 5.97 Å². The second kappa shape index (κ2) is 8.15. The van der Waals surface area contributed by atoms with Crippen molar-refractivity contribution in [1.82, 2.24) is 5.01 Å². The van der Waals surface area contributed by atoms with E-state index < -0.39 is 5.97 Å². The fraction of sp³-hybridized carbons (Fsp3) is 0.250. The van der Waals surface area contributed by atoms with E-state index in [9.17, 15) is 9.59 Å². The molecule has 1 atom stereocenters. The largest absolute Gasteiger partial charge is 0.481 e. The Balaban J connectivity index is 1.87. The van der Waals surface area contributed by atoms with E-state index in [4.69, 9.17) is 16.7 Å². The van der Waals surface area contributed by atoms with Gasteiger partial charge in [-0.1, -0.05) is 60.1 Å². The molecule has 2 aromatic rings. The topological polar surface area (TPSA) is 70.0 Å². The van der Waals surface area contributed by atoms with Crippen LogP contribution >= 0.6 is 11.6 Å². The SMILES string of the molecule is O=C(O)CCCC(=O)N1N=C(c2ccccc2)C[C@@H]1c1ccccc1Cl. The molecule has 2 aromatic carbocycles. The van der Waals surface area contributed by atoms with Crippen LogP contribution in [0.1, 0.15) is 42.9 Å². The molecule has 134 valence electrons. The standard InChI is InChI=1S/C20H19ClN2O3/c21-16-10-5-4-9-15(16)18-13-17(14-7-2-1-3-8-14)22-23(18)19(24)11-6-12-20(25)26/h1-5,7-10,18H,6,11-13H2,(H,25,26)/t18-/m1/s1. The lowest BCUT2D eigenvalue weighted by atomic mass is 9.98. The average molecular weight is 371 g/mol. The number of carboxylic acids is 1. The highest BCUT2D eigenvalue weighted by Gasteiger charge is 2.33. The molecular formula is C20H19ClN2O3. The van der Waals surface area contributed by atoms with E-state index >= 15 is 0 Å². The number of carbonyl (C=O) groups excluding carboxylic acids is 1. The number of nitrogens with zero attached hydrogens (tertiary/aromatic N) is 2. The Morgan fingerprint density at radius 2 is 1.77 bits per heavy atom. The van der Waals surface area contributed by atoms with Gasteiger partial charge in [0, 0.05) is 24.3 Å². The van der Waals surface area contributed by atoms with Crippen LogP contribution in [0.5, 0.6) is 0 Å². The first kappa shape index (κ1) is 18.1. The number of rotatable bonds is 6. The van der Waals surface area contributed by atoms with Crippen molar-refractivity contribution in [2.75, 3.05) is 0 Å². The second-order valence-corrected chi connectivity index (χ2v) is 6.55. The number of hydrazone groups is 1. The molecule has 0 bridgehead atoms. The minimum Gasteiger partial charge on any atom is -0.481 e. The monoisotopic (exact) mass is 370 g/mol. The molecule has 5 nitrogen and oxygen atoms in total. The fourth-order valence-electron chi connectivity index (χ4n) is 3.04. The van der Waals surface area contributed by atoms with Crippen molar-refractivity contribution >= 4 is 29.2 Å². The highest BCUT2D eigenvalue weighted by Crippen LogP contribution is 2.36. The zero-order valence-electron chi connectivity index (χ0n) is 14.1. The first-order valence-corrected chi connectivity index (χ1v) is 8.85. The van der Waals surface area contributed by atoms with Gasteiger partial charge < -0.3 is 5.11 Å². The van der Waals surface area contributed by atoms with Crippen LogP contribution < -0.4 is 0 Å². The molecule has 1 amide bonds. The molecule has 6 heteroatoms. The van der Waals surface area contributed by atoms with E-state index in [0.717, 1.165) is 16.8 Å². The van der Waals surface area contributed by atoms with Crippen molar-refractivity contribution < 1.29 is 14.7 Å². The van der Waals surface area contributed by atoms with Gasteiger partial charge in [0.25, 0.3) is 0 Å². The summed E-state index contributed by atoms with van der Waals surface area (Å²) in [6.07, 6.45) is 0.957. The molecule has 0 fully saturated rings. The van der Waals surface area contributed by atoms with Gasteiger partial charge in [0.2, 0.25) is 5.91 Å². The van der Waals surface area contributed by atoms with E-state index in [1.54, 1.807) is 6.07 Å². The molecule has 0 saturated carbocycles. The number of hydrogen-bond acceptors (Lipinski definition) is 3. The predicted molar refractivity (Wildman–Crippen MR) is 100 cm³/mol. The molecule has 0 saturated heterocycles. The molecule has 1 heterocycles. The van der Waals surface area contributed by atoms with Gasteiger partial charge in [-0.3, -0.25) is 9.59 Å². The lowest BCUT2D eigenvalue weighted by Gasteiger charge is -2.22. The maximum Gasteiger partial charge on any atom is 0.303 e. The van der Waals surface area contributed by atoms with E-state index in [0.29, 0.717) is 11.4 Å². The van der Waals surface area contributed by atoms with Crippen LogP contribution in [-0.2, 0) is 9.59 Å². The molecule has 3 rings (SSSR count). The molecule has 0 unspecified atom stereocenters. The van der Waals surface area contributed by atoms with Gasteiger partial charge in [0.1, 0.15) is 0 Å². The summed E-state index contributed by atoms with van der Waals surface area (Å²) in [6, 6.07) is 16.9. The van der Waals surface area contributed by atoms with Crippen molar-refractivity contribution in [3.05, 3.63) is 70.7 Å². The van der Waals surface area contributed by atoms with Gasteiger partial charge in [-0.15, -0.1) is 0 Å². The van der Waals surface area contributed by atoms with Crippen LogP contribution in [-0.4, -0.2) is 27.7 Å². The van der Waals surface area contributed by atoms with Gasteiger partial charge in [-0.05, 0) is 23.6 Å². The number of benzene rings is 2. The average Bonchev–Trinajstić information content (AvgIpc) is 3.08. The Morgan fingerprint density at radius 1 is 1.08 bits per heavy atom. The smallest absolute Gasteiger partial charge is 0.303 e. The minimum absolute atomic E-state index is 0.0361. The summed E-state index contributed by atoms with van der Waals surface area (Å²) in [5.74, 6) is -1.10. The van der Waals surface area contributed by atoms with Crippen LogP contribution in [0, 0.1) is 0 Å². The normalized spacial score (nSPS) is 16.4. The summed E-state index contributed by atoms with van der Waals surface area (Å²) in [4.78, 5) is 23.4. The predicted octanol–water partition coefficient (Wildman–Crippen LogP) is 4.27. The van der Waals surface area contributed by atoms with Crippen LogP contribution in [0.4, 0.5) is 0 Å². The van der Waals surface area contributed by atoms with E-state index in [1.807, 2.05) is 48.5 Å². The lowest BCUT2D eigenvalue weighted by molar-refractivity contribution is -0.137. The molecule has 1 N–H and O–H groups in total. The summed E-state index contributed by atoms with van der Waals surface area (Å²) in [6.45, 7) is 0. The first-order valence-electron chi connectivity index (χ1n) is 8.47. The molecule has 0 aliphatic carbocycles. The number of halogens is 1.